The normalized spacial score (nSPS) is 17.2. The highest BCUT2D eigenvalue weighted by atomic mass is 35.5. The first-order valence-electron chi connectivity index (χ1n) is 11.5. The van der Waals surface area contributed by atoms with Gasteiger partial charge in [0.25, 0.3) is 5.91 Å². The van der Waals surface area contributed by atoms with Crippen LogP contribution in [0.5, 0.6) is 0 Å². The number of piperidine rings is 1. The summed E-state index contributed by atoms with van der Waals surface area (Å²) >= 11 is 18.5. The van der Waals surface area contributed by atoms with Gasteiger partial charge in [0, 0.05) is 46.4 Å². The number of halogens is 5. The van der Waals surface area contributed by atoms with Gasteiger partial charge < -0.3 is 4.90 Å². The maximum absolute atomic E-state index is 13.9. The van der Waals surface area contributed by atoms with Crippen LogP contribution in [0.4, 0.5) is 14.5 Å². The number of carbonyl (C=O) groups is 1. The maximum atomic E-state index is 13.9. The highest BCUT2D eigenvalue weighted by Gasteiger charge is 2.46. The molecular formula is C27H22Cl3F2N3O. The first-order chi connectivity index (χ1) is 17.2. The third kappa shape index (κ3) is 5.00. The van der Waals surface area contributed by atoms with Crippen molar-refractivity contribution in [1.29, 1.82) is 0 Å². The van der Waals surface area contributed by atoms with Gasteiger partial charge in [-0.2, -0.15) is 0 Å². The third-order valence-corrected chi connectivity index (χ3v) is 7.60. The predicted molar refractivity (Wildman–Crippen MR) is 140 cm³/mol. The summed E-state index contributed by atoms with van der Waals surface area (Å²) in [6.45, 7) is 2.78. The Hall–Kier alpha value is -2.51. The number of hydrogen-bond donors (Lipinski definition) is 0. The predicted octanol–water partition coefficient (Wildman–Crippen LogP) is 7.03. The first-order valence-corrected chi connectivity index (χ1v) is 12.7. The zero-order valence-corrected chi connectivity index (χ0v) is 21.4. The molecule has 3 heterocycles. The van der Waals surface area contributed by atoms with Crippen LogP contribution in [0.25, 0.3) is 6.08 Å². The summed E-state index contributed by atoms with van der Waals surface area (Å²) in [6.07, 6.45) is 5.23. The molecule has 1 fully saturated rings. The van der Waals surface area contributed by atoms with Crippen molar-refractivity contribution in [3.63, 3.8) is 0 Å². The summed E-state index contributed by atoms with van der Waals surface area (Å²) in [5.74, 6) is -1.36. The number of likely N-dealkylation sites (tertiary alicyclic amines) is 1. The SMILES string of the molecule is O=C(c1cc(Cl)nc(Cl)c1)N1CC2(CCN(CC=Cc3ccc(F)cc3F)CC2)c2cc(Cl)ccc21. The van der Waals surface area contributed by atoms with Gasteiger partial charge in [0.05, 0.1) is 0 Å². The van der Waals surface area contributed by atoms with Crippen LogP contribution in [-0.2, 0) is 5.41 Å². The van der Waals surface area contributed by atoms with Crippen LogP contribution in [0, 0.1) is 11.6 Å². The van der Waals surface area contributed by atoms with E-state index in [1.54, 1.807) is 17.0 Å². The molecule has 1 spiro atoms. The molecular weight excluding hydrogens is 527 g/mol. The summed E-state index contributed by atoms with van der Waals surface area (Å²) in [5.41, 5.74) is 2.43. The first kappa shape index (κ1) is 25.2. The van der Waals surface area contributed by atoms with Gasteiger partial charge in [-0.05, 0) is 74.0 Å². The average Bonchev–Trinajstić information content (AvgIpc) is 3.14. The molecule has 4 nitrogen and oxygen atoms in total. The molecule has 1 amide bonds. The molecule has 0 saturated carbocycles. The lowest BCUT2D eigenvalue weighted by molar-refractivity contribution is 0.0977. The fraction of sp³-hybridized carbons (Fsp3) is 0.259. The second kappa shape index (κ2) is 10.1. The van der Waals surface area contributed by atoms with Gasteiger partial charge in [-0.1, -0.05) is 47.0 Å². The molecule has 3 aromatic rings. The molecule has 0 aliphatic carbocycles. The quantitative estimate of drug-likeness (QED) is 0.329. The Kier molecular flexibility index (Phi) is 7.05. The number of hydrogen-bond acceptors (Lipinski definition) is 3. The molecule has 0 unspecified atom stereocenters. The smallest absolute Gasteiger partial charge is 0.258 e. The molecule has 1 saturated heterocycles. The van der Waals surface area contributed by atoms with Gasteiger partial charge in [-0.3, -0.25) is 9.69 Å². The van der Waals surface area contributed by atoms with Crippen molar-refractivity contribution >= 4 is 52.5 Å². The molecule has 5 rings (SSSR count). The highest BCUT2D eigenvalue weighted by Crippen LogP contribution is 2.48. The van der Waals surface area contributed by atoms with Gasteiger partial charge in [0.1, 0.15) is 21.9 Å². The fourth-order valence-electron chi connectivity index (χ4n) is 5.12. The van der Waals surface area contributed by atoms with E-state index in [9.17, 15) is 13.6 Å². The molecule has 2 aliphatic rings. The van der Waals surface area contributed by atoms with Crippen molar-refractivity contribution in [2.24, 2.45) is 0 Å². The average molecular weight is 549 g/mol. The fourth-order valence-corrected chi connectivity index (χ4v) is 5.76. The summed E-state index contributed by atoms with van der Waals surface area (Å²) in [4.78, 5) is 21.5. The van der Waals surface area contributed by atoms with E-state index in [1.807, 2.05) is 18.2 Å². The Labute approximate surface area is 223 Å². The Morgan fingerprint density at radius 2 is 1.72 bits per heavy atom. The van der Waals surface area contributed by atoms with Crippen molar-refractivity contribution < 1.29 is 13.6 Å². The molecule has 0 N–H and O–H groups in total. The maximum Gasteiger partial charge on any atom is 0.258 e. The van der Waals surface area contributed by atoms with Crippen molar-refractivity contribution in [2.45, 2.75) is 18.3 Å². The Morgan fingerprint density at radius 1 is 1.00 bits per heavy atom. The Bertz CT molecular complexity index is 1340. The second-order valence-corrected chi connectivity index (χ2v) is 10.4. The number of aromatic nitrogens is 1. The number of fused-ring (bicyclic) bond motifs is 2. The highest BCUT2D eigenvalue weighted by molar-refractivity contribution is 6.33. The lowest BCUT2D eigenvalue weighted by Gasteiger charge is -2.39. The molecule has 9 heteroatoms. The van der Waals surface area contributed by atoms with Gasteiger partial charge in [-0.15, -0.1) is 0 Å². The van der Waals surface area contributed by atoms with E-state index in [4.69, 9.17) is 34.8 Å². The number of rotatable bonds is 4. The molecule has 2 aliphatic heterocycles. The zero-order chi connectivity index (χ0) is 25.4. The minimum atomic E-state index is -0.592. The van der Waals surface area contributed by atoms with E-state index >= 15 is 0 Å². The van der Waals surface area contributed by atoms with Crippen molar-refractivity contribution in [1.82, 2.24) is 9.88 Å². The van der Waals surface area contributed by atoms with Gasteiger partial charge in [0.2, 0.25) is 0 Å². The minimum Gasteiger partial charge on any atom is -0.307 e. The molecule has 186 valence electrons. The van der Waals surface area contributed by atoms with Crippen LogP contribution >= 0.6 is 34.8 Å². The largest absolute Gasteiger partial charge is 0.307 e. The summed E-state index contributed by atoms with van der Waals surface area (Å²) in [7, 11) is 0. The third-order valence-electron chi connectivity index (χ3n) is 6.97. The van der Waals surface area contributed by atoms with Crippen LogP contribution < -0.4 is 4.90 Å². The summed E-state index contributed by atoms with van der Waals surface area (Å²) < 4.78 is 27.0. The van der Waals surface area contributed by atoms with Crippen LogP contribution in [0.15, 0.2) is 54.6 Å². The van der Waals surface area contributed by atoms with E-state index in [2.05, 4.69) is 9.88 Å². The van der Waals surface area contributed by atoms with Gasteiger partial charge in [-0.25, -0.2) is 13.8 Å². The van der Waals surface area contributed by atoms with Crippen molar-refractivity contribution in [3.05, 3.63) is 98.3 Å². The number of carbonyl (C=O) groups excluding carboxylic acids is 1. The summed E-state index contributed by atoms with van der Waals surface area (Å²) in [6, 6.07) is 12.3. The zero-order valence-electron chi connectivity index (χ0n) is 19.2. The van der Waals surface area contributed by atoms with E-state index < -0.39 is 11.6 Å². The molecule has 0 bridgehead atoms. The van der Waals surface area contributed by atoms with E-state index in [1.165, 1.54) is 24.3 Å². The van der Waals surface area contributed by atoms with E-state index in [-0.39, 0.29) is 21.6 Å². The Morgan fingerprint density at radius 3 is 2.42 bits per heavy atom. The number of anilines is 1. The monoisotopic (exact) mass is 547 g/mol. The van der Waals surface area contributed by atoms with E-state index in [0.717, 1.165) is 43.2 Å². The molecule has 0 radical (unpaired) electrons. The number of nitrogens with zero attached hydrogens (tertiary/aromatic N) is 3. The second-order valence-electron chi connectivity index (χ2n) is 9.20. The van der Waals surface area contributed by atoms with Gasteiger partial charge >= 0.3 is 0 Å². The molecule has 1 aromatic heterocycles. The Balaban J connectivity index is 1.32. The standard InChI is InChI=1S/C27H22Cl3F2N3O/c28-19-4-6-23-21(14-19)27(16-35(23)26(36)18-12-24(29)33-25(30)13-18)7-10-34(11-8-27)9-1-2-17-3-5-20(31)15-22(17)32/h1-6,12-15H,7-11,16H2. The molecule has 2 aromatic carbocycles. The minimum absolute atomic E-state index is 0.165. The lowest BCUT2D eigenvalue weighted by atomic mass is 9.74. The number of amides is 1. The number of benzene rings is 2. The summed E-state index contributed by atoms with van der Waals surface area (Å²) in [5, 5.41) is 0.958. The van der Waals surface area contributed by atoms with Crippen LogP contribution in [0.3, 0.4) is 0 Å². The molecule has 0 atom stereocenters. The molecule has 36 heavy (non-hydrogen) atoms. The van der Waals surface area contributed by atoms with E-state index in [0.29, 0.717) is 29.2 Å². The lowest BCUT2D eigenvalue weighted by Crippen LogP contribution is -2.46. The topological polar surface area (TPSA) is 36.4 Å². The van der Waals surface area contributed by atoms with Crippen LogP contribution in [0.2, 0.25) is 15.3 Å². The van der Waals surface area contributed by atoms with Crippen LogP contribution in [-0.4, -0.2) is 42.0 Å². The van der Waals surface area contributed by atoms with Crippen molar-refractivity contribution in [2.75, 3.05) is 31.1 Å². The number of pyridine rings is 1. The van der Waals surface area contributed by atoms with Gasteiger partial charge in [0.15, 0.2) is 0 Å². The van der Waals surface area contributed by atoms with Crippen molar-refractivity contribution in [3.8, 4) is 0 Å². The van der Waals surface area contributed by atoms with Crippen LogP contribution in [0.1, 0.15) is 34.3 Å².